The van der Waals surface area contributed by atoms with Gasteiger partial charge >= 0.3 is 0 Å². The number of hydrogen-bond donors (Lipinski definition) is 2. The number of amides is 1. The second kappa shape index (κ2) is 9.46. The normalized spacial score (nSPS) is 20.3. The van der Waals surface area contributed by atoms with Crippen LogP contribution >= 0.6 is 35.6 Å². The summed E-state index contributed by atoms with van der Waals surface area (Å²) in [6.07, 6.45) is 3.53. The molecule has 1 aliphatic carbocycles. The molecule has 0 bridgehead atoms. The molecule has 7 heteroatoms. The van der Waals surface area contributed by atoms with E-state index >= 15 is 0 Å². The van der Waals surface area contributed by atoms with Gasteiger partial charge in [-0.1, -0.05) is 29.6 Å². The van der Waals surface area contributed by atoms with E-state index in [1.54, 1.807) is 18.2 Å². The predicted molar refractivity (Wildman–Crippen MR) is 92.1 cm³/mol. The van der Waals surface area contributed by atoms with Gasteiger partial charge in [0.05, 0.1) is 18.1 Å². The zero-order chi connectivity index (χ0) is 15.2. The van der Waals surface area contributed by atoms with Crippen LogP contribution in [0.4, 0.5) is 0 Å². The Morgan fingerprint density at radius 3 is 2.82 bits per heavy atom. The summed E-state index contributed by atoms with van der Waals surface area (Å²) in [5.74, 6) is 0.931. The van der Waals surface area contributed by atoms with Crippen molar-refractivity contribution in [2.45, 2.75) is 31.7 Å². The molecule has 2 atom stereocenters. The third-order valence-electron chi connectivity index (χ3n) is 3.79. The minimum atomic E-state index is -0.00886. The number of hydrogen-bond acceptors (Lipinski definition) is 3. The molecule has 0 spiro atoms. The van der Waals surface area contributed by atoms with E-state index in [4.69, 9.17) is 33.7 Å². The van der Waals surface area contributed by atoms with Gasteiger partial charge in [-0.2, -0.15) is 0 Å². The van der Waals surface area contributed by atoms with Crippen LogP contribution in [0.5, 0.6) is 5.75 Å². The Labute approximate surface area is 147 Å². The number of nitrogens with one attached hydrogen (secondary N) is 1. The second-order valence-corrected chi connectivity index (χ2v) is 6.12. The molecule has 1 aromatic carbocycles. The smallest absolute Gasteiger partial charge is 0.223 e. The Bertz CT molecular complexity index is 500. The van der Waals surface area contributed by atoms with Gasteiger partial charge in [0.15, 0.2) is 0 Å². The zero-order valence-electron chi connectivity index (χ0n) is 12.2. The van der Waals surface area contributed by atoms with Gasteiger partial charge in [0.1, 0.15) is 5.75 Å². The summed E-state index contributed by atoms with van der Waals surface area (Å²) in [6, 6.07) is 5.22. The first-order valence-corrected chi connectivity index (χ1v) is 7.93. The Kier molecular flexibility index (Phi) is 8.33. The maximum absolute atomic E-state index is 11.9. The summed E-state index contributed by atoms with van der Waals surface area (Å²) < 4.78 is 5.50. The van der Waals surface area contributed by atoms with E-state index in [1.165, 1.54) is 0 Å². The standard InChI is InChI=1S/C15H20Cl2N2O2.ClH/c16-11-4-5-14(12(17)8-11)21-7-6-15(20)19-13-3-1-2-10(13)9-18;/h4-5,8,10,13H,1-3,6-7,9,18H2,(H,19,20);1H. The van der Waals surface area contributed by atoms with E-state index < -0.39 is 0 Å². The summed E-state index contributed by atoms with van der Waals surface area (Å²) >= 11 is 11.8. The van der Waals surface area contributed by atoms with Crippen LogP contribution in [-0.2, 0) is 4.79 Å². The molecule has 3 N–H and O–H groups in total. The monoisotopic (exact) mass is 366 g/mol. The molecule has 22 heavy (non-hydrogen) atoms. The number of halogens is 3. The van der Waals surface area contributed by atoms with Crippen LogP contribution < -0.4 is 15.8 Å². The Balaban J connectivity index is 0.00000242. The summed E-state index contributed by atoms with van der Waals surface area (Å²) in [6.45, 7) is 0.912. The van der Waals surface area contributed by atoms with Crippen LogP contribution in [0.25, 0.3) is 0 Å². The van der Waals surface area contributed by atoms with Crippen molar-refractivity contribution in [3.05, 3.63) is 28.2 Å². The highest BCUT2D eigenvalue weighted by Gasteiger charge is 2.27. The van der Waals surface area contributed by atoms with Crippen molar-refractivity contribution in [1.29, 1.82) is 0 Å². The van der Waals surface area contributed by atoms with Crippen LogP contribution in [0, 0.1) is 5.92 Å². The average molecular weight is 368 g/mol. The quantitative estimate of drug-likeness (QED) is 0.809. The minimum absolute atomic E-state index is 0. The van der Waals surface area contributed by atoms with Crippen molar-refractivity contribution in [3.63, 3.8) is 0 Å². The molecule has 1 fully saturated rings. The molecular formula is C15H21Cl3N2O2. The molecule has 2 unspecified atom stereocenters. The van der Waals surface area contributed by atoms with Crippen molar-refractivity contribution in [1.82, 2.24) is 5.32 Å². The lowest BCUT2D eigenvalue weighted by atomic mass is 10.0. The van der Waals surface area contributed by atoms with Gasteiger partial charge in [0.2, 0.25) is 5.91 Å². The number of benzene rings is 1. The number of ether oxygens (including phenoxy) is 1. The highest BCUT2D eigenvalue weighted by atomic mass is 35.5. The molecule has 0 radical (unpaired) electrons. The summed E-state index contributed by atoms with van der Waals surface area (Å²) in [5, 5.41) is 4.04. The SMILES string of the molecule is Cl.NCC1CCCC1NC(=O)CCOc1ccc(Cl)cc1Cl. The van der Waals surface area contributed by atoms with E-state index in [2.05, 4.69) is 5.32 Å². The molecule has 0 aliphatic heterocycles. The summed E-state index contributed by atoms with van der Waals surface area (Å²) in [7, 11) is 0. The average Bonchev–Trinajstić information content (AvgIpc) is 2.88. The third kappa shape index (κ3) is 5.51. The molecule has 1 amide bonds. The fourth-order valence-electron chi connectivity index (χ4n) is 2.63. The number of nitrogens with two attached hydrogens (primary N) is 1. The lowest BCUT2D eigenvalue weighted by molar-refractivity contribution is -0.122. The first-order chi connectivity index (χ1) is 10.1. The zero-order valence-corrected chi connectivity index (χ0v) is 14.5. The molecular weight excluding hydrogens is 347 g/mol. The van der Waals surface area contributed by atoms with Crippen LogP contribution in [0.15, 0.2) is 18.2 Å². The van der Waals surface area contributed by atoms with Gasteiger partial charge in [0.25, 0.3) is 0 Å². The van der Waals surface area contributed by atoms with E-state index in [9.17, 15) is 4.79 Å². The van der Waals surface area contributed by atoms with E-state index in [-0.39, 0.29) is 31.0 Å². The molecule has 0 heterocycles. The minimum Gasteiger partial charge on any atom is -0.491 e. The van der Waals surface area contributed by atoms with Gasteiger partial charge in [-0.05, 0) is 43.5 Å². The molecule has 0 saturated heterocycles. The van der Waals surface area contributed by atoms with Gasteiger partial charge < -0.3 is 15.8 Å². The fraction of sp³-hybridized carbons (Fsp3) is 0.533. The summed E-state index contributed by atoms with van der Waals surface area (Å²) in [5.41, 5.74) is 5.70. The second-order valence-electron chi connectivity index (χ2n) is 5.27. The highest BCUT2D eigenvalue weighted by molar-refractivity contribution is 6.35. The lowest BCUT2D eigenvalue weighted by Gasteiger charge is -2.19. The Hall–Kier alpha value is -0.680. The number of carbonyl (C=O) groups excluding carboxylic acids is 1. The Morgan fingerprint density at radius 1 is 1.36 bits per heavy atom. The van der Waals surface area contributed by atoms with E-state index in [0.717, 1.165) is 19.3 Å². The van der Waals surface area contributed by atoms with Gasteiger partial charge in [-0.25, -0.2) is 0 Å². The van der Waals surface area contributed by atoms with Crippen LogP contribution in [0.3, 0.4) is 0 Å². The maximum atomic E-state index is 11.9. The molecule has 4 nitrogen and oxygen atoms in total. The highest BCUT2D eigenvalue weighted by Crippen LogP contribution is 2.27. The van der Waals surface area contributed by atoms with Gasteiger partial charge in [-0.3, -0.25) is 4.79 Å². The first kappa shape index (κ1) is 19.4. The largest absolute Gasteiger partial charge is 0.491 e. The topological polar surface area (TPSA) is 64.3 Å². The maximum Gasteiger partial charge on any atom is 0.223 e. The molecule has 1 aliphatic rings. The molecule has 1 aromatic rings. The summed E-state index contributed by atoms with van der Waals surface area (Å²) in [4.78, 5) is 11.9. The molecule has 2 rings (SSSR count). The number of carbonyl (C=O) groups is 1. The van der Waals surface area contributed by atoms with Crippen molar-refractivity contribution < 1.29 is 9.53 Å². The molecule has 124 valence electrons. The van der Waals surface area contributed by atoms with Crippen molar-refractivity contribution in [2.24, 2.45) is 11.7 Å². The van der Waals surface area contributed by atoms with Crippen molar-refractivity contribution in [3.8, 4) is 5.75 Å². The van der Waals surface area contributed by atoms with Crippen molar-refractivity contribution in [2.75, 3.05) is 13.2 Å². The Morgan fingerprint density at radius 2 is 2.14 bits per heavy atom. The first-order valence-electron chi connectivity index (χ1n) is 7.17. The van der Waals surface area contributed by atoms with Crippen LogP contribution in [-0.4, -0.2) is 25.1 Å². The molecule has 0 aromatic heterocycles. The lowest BCUT2D eigenvalue weighted by Crippen LogP contribution is -2.40. The molecule has 1 saturated carbocycles. The van der Waals surface area contributed by atoms with Crippen LogP contribution in [0.1, 0.15) is 25.7 Å². The third-order valence-corrected chi connectivity index (χ3v) is 4.32. The fourth-order valence-corrected chi connectivity index (χ4v) is 3.10. The number of rotatable bonds is 6. The predicted octanol–water partition coefficient (Wildman–Crippen LogP) is 3.43. The van der Waals surface area contributed by atoms with E-state index in [0.29, 0.717) is 34.7 Å². The van der Waals surface area contributed by atoms with E-state index in [1.807, 2.05) is 0 Å². The van der Waals surface area contributed by atoms with Crippen molar-refractivity contribution >= 4 is 41.5 Å². The van der Waals surface area contributed by atoms with Crippen LogP contribution in [0.2, 0.25) is 10.0 Å². The van der Waals surface area contributed by atoms with Gasteiger partial charge in [0, 0.05) is 11.1 Å². The van der Waals surface area contributed by atoms with Gasteiger partial charge in [-0.15, -0.1) is 12.4 Å².